The molecule has 1 amide bonds. The van der Waals surface area contributed by atoms with Crippen LogP contribution in [0.5, 0.6) is 0 Å². The van der Waals surface area contributed by atoms with Crippen LogP contribution < -0.4 is 0 Å². The minimum Gasteiger partial charge on any atom is -0.459 e. The second-order valence-electron chi connectivity index (χ2n) is 6.78. The Balaban J connectivity index is 1.38. The molecule has 2 fully saturated rings. The van der Waals surface area contributed by atoms with Crippen LogP contribution in [0.4, 0.5) is 0 Å². The molecule has 0 radical (unpaired) electrons. The predicted octanol–water partition coefficient (Wildman–Crippen LogP) is 2.04. The van der Waals surface area contributed by atoms with Gasteiger partial charge >= 0.3 is 0 Å². The van der Waals surface area contributed by atoms with Gasteiger partial charge in [0.2, 0.25) is 0 Å². The minimum absolute atomic E-state index is 0.0384. The van der Waals surface area contributed by atoms with E-state index in [-0.39, 0.29) is 12.0 Å². The van der Waals surface area contributed by atoms with E-state index >= 15 is 0 Å². The molecule has 0 unspecified atom stereocenters. The number of hydrogen-bond acceptors (Lipinski definition) is 5. The fraction of sp³-hybridized carbons (Fsp3) is 0.474. The molecule has 25 heavy (non-hydrogen) atoms. The summed E-state index contributed by atoms with van der Waals surface area (Å²) in [6, 6.07) is 7.56. The van der Waals surface area contributed by atoms with E-state index in [1.165, 1.54) is 5.56 Å². The maximum atomic E-state index is 12.5. The number of piperidine rings is 1. The molecule has 0 aliphatic carbocycles. The summed E-state index contributed by atoms with van der Waals surface area (Å²) in [5.41, 5.74) is 1.23. The molecule has 2 saturated heterocycles. The van der Waals surface area contributed by atoms with Crippen LogP contribution in [0.25, 0.3) is 0 Å². The maximum absolute atomic E-state index is 12.5. The molecule has 0 N–H and O–H groups in total. The Morgan fingerprint density at radius 1 is 1.24 bits per heavy atom. The number of carbonyl (C=O) groups excluding carboxylic acids is 1. The molecule has 0 spiro atoms. The molecule has 0 bridgehead atoms. The third-order valence-electron chi connectivity index (χ3n) is 5.08. The van der Waals surface area contributed by atoms with Crippen molar-refractivity contribution in [2.45, 2.75) is 19.1 Å². The second kappa shape index (κ2) is 7.37. The van der Waals surface area contributed by atoms with Gasteiger partial charge in [-0.05, 0) is 30.2 Å². The number of fused-ring (bicyclic) bond motifs is 1. The Bertz CT molecular complexity index is 689. The van der Waals surface area contributed by atoms with Gasteiger partial charge in [-0.3, -0.25) is 14.7 Å². The summed E-state index contributed by atoms with van der Waals surface area (Å²) >= 11 is 0. The van der Waals surface area contributed by atoms with Gasteiger partial charge in [0, 0.05) is 51.0 Å². The third-order valence-corrected chi connectivity index (χ3v) is 5.08. The monoisotopic (exact) mass is 341 g/mol. The number of nitrogens with zero attached hydrogens (tertiary/aromatic N) is 3. The molecule has 132 valence electrons. The number of rotatable bonds is 3. The van der Waals surface area contributed by atoms with Gasteiger partial charge < -0.3 is 14.1 Å². The zero-order valence-corrected chi connectivity index (χ0v) is 14.2. The van der Waals surface area contributed by atoms with Crippen molar-refractivity contribution in [2.75, 3.05) is 32.8 Å². The Labute approximate surface area is 147 Å². The maximum Gasteiger partial charge on any atom is 0.289 e. The van der Waals surface area contributed by atoms with Crippen LogP contribution in [0.1, 0.15) is 22.5 Å². The van der Waals surface area contributed by atoms with Crippen molar-refractivity contribution in [3.63, 3.8) is 0 Å². The van der Waals surface area contributed by atoms with Gasteiger partial charge in [-0.1, -0.05) is 6.07 Å². The summed E-state index contributed by atoms with van der Waals surface area (Å²) in [6.45, 7) is 4.91. The molecule has 2 aliphatic heterocycles. The zero-order valence-electron chi connectivity index (χ0n) is 14.2. The Hall–Kier alpha value is -2.18. The molecule has 6 nitrogen and oxygen atoms in total. The summed E-state index contributed by atoms with van der Waals surface area (Å²) in [6.07, 6.45) is 6.33. The molecular weight excluding hydrogens is 318 g/mol. The predicted molar refractivity (Wildman–Crippen MR) is 92.0 cm³/mol. The highest BCUT2D eigenvalue weighted by atomic mass is 16.5. The van der Waals surface area contributed by atoms with Gasteiger partial charge in [-0.2, -0.15) is 0 Å². The normalized spacial score (nSPS) is 24.6. The third kappa shape index (κ3) is 3.75. The van der Waals surface area contributed by atoms with Crippen molar-refractivity contribution in [1.29, 1.82) is 0 Å². The standard InChI is InChI=1S/C19H23N3O3/c23-19(17-4-2-9-24-17)22-7-5-16-13-21(8-10-25-18(16)14-22)12-15-3-1-6-20-11-15/h1-4,6,9,11,16,18H,5,7-8,10,12-14H2/t16-,18-/m0/s1. The van der Waals surface area contributed by atoms with Crippen LogP contribution >= 0.6 is 0 Å². The molecular formula is C19H23N3O3. The van der Waals surface area contributed by atoms with Crippen LogP contribution in [0.2, 0.25) is 0 Å². The Morgan fingerprint density at radius 3 is 3.00 bits per heavy atom. The van der Waals surface area contributed by atoms with Crippen LogP contribution in [0.15, 0.2) is 47.3 Å². The topological polar surface area (TPSA) is 58.8 Å². The molecule has 4 heterocycles. The van der Waals surface area contributed by atoms with E-state index in [1.54, 1.807) is 24.6 Å². The minimum atomic E-state index is -0.0384. The van der Waals surface area contributed by atoms with Crippen molar-refractivity contribution in [2.24, 2.45) is 5.92 Å². The van der Waals surface area contributed by atoms with Crippen LogP contribution in [-0.2, 0) is 11.3 Å². The smallest absolute Gasteiger partial charge is 0.289 e. The van der Waals surface area contributed by atoms with Crippen molar-refractivity contribution in [3.8, 4) is 0 Å². The van der Waals surface area contributed by atoms with Crippen molar-refractivity contribution in [3.05, 3.63) is 54.2 Å². The molecule has 2 atom stereocenters. The first kappa shape index (κ1) is 16.3. The lowest BCUT2D eigenvalue weighted by Crippen LogP contribution is -2.49. The lowest BCUT2D eigenvalue weighted by molar-refractivity contribution is -0.0179. The Morgan fingerprint density at radius 2 is 2.20 bits per heavy atom. The fourth-order valence-corrected chi connectivity index (χ4v) is 3.75. The highest BCUT2D eigenvalue weighted by Gasteiger charge is 2.35. The lowest BCUT2D eigenvalue weighted by Gasteiger charge is -2.37. The van der Waals surface area contributed by atoms with E-state index in [0.717, 1.165) is 32.6 Å². The molecule has 2 aromatic rings. The second-order valence-corrected chi connectivity index (χ2v) is 6.78. The van der Waals surface area contributed by atoms with Gasteiger partial charge in [0.05, 0.1) is 19.0 Å². The number of amides is 1. The zero-order chi connectivity index (χ0) is 17.1. The van der Waals surface area contributed by atoms with Crippen molar-refractivity contribution >= 4 is 5.91 Å². The summed E-state index contributed by atoms with van der Waals surface area (Å²) < 4.78 is 11.3. The number of hydrogen-bond donors (Lipinski definition) is 0. The molecule has 4 rings (SSSR count). The highest BCUT2D eigenvalue weighted by Crippen LogP contribution is 2.26. The summed E-state index contributed by atoms with van der Waals surface area (Å²) in [5.74, 6) is 0.827. The van der Waals surface area contributed by atoms with E-state index in [2.05, 4.69) is 16.0 Å². The van der Waals surface area contributed by atoms with E-state index in [4.69, 9.17) is 9.15 Å². The van der Waals surface area contributed by atoms with Crippen molar-refractivity contribution < 1.29 is 13.9 Å². The number of carbonyl (C=O) groups is 1. The first-order valence-corrected chi connectivity index (χ1v) is 8.85. The van der Waals surface area contributed by atoms with Gasteiger partial charge in [0.15, 0.2) is 5.76 Å². The first-order chi connectivity index (χ1) is 12.3. The molecule has 0 saturated carbocycles. The lowest BCUT2D eigenvalue weighted by atomic mass is 9.93. The Kier molecular flexibility index (Phi) is 4.81. The molecule has 6 heteroatoms. The average molecular weight is 341 g/mol. The number of ether oxygens (including phenoxy) is 1. The van der Waals surface area contributed by atoms with Gasteiger partial charge in [-0.15, -0.1) is 0 Å². The molecule has 2 aromatic heterocycles. The van der Waals surface area contributed by atoms with E-state index in [0.29, 0.717) is 24.8 Å². The highest BCUT2D eigenvalue weighted by molar-refractivity contribution is 5.91. The van der Waals surface area contributed by atoms with E-state index in [9.17, 15) is 4.79 Å². The first-order valence-electron chi connectivity index (χ1n) is 8.85. The molecule has 0 aromatic carbocycles. The van der Waals surface area contributed by atoms with Crippen LogP contribution in [-0.4, -0.2) is 59.6 Å². The largest absolute Gasteiger partial charge is 0.459 e. The molecule has 2 aliphatic rings. The van der Waals surface area contributed by atoms with E-state index in [1.807, 2.05) is 17.2 Å². The van der Waals surface area contributed by atoms with Crippen molar-refractivity contribution in [1.82, 2.24) is 14.8 Å². The number of pyridine rings is 1. The van der Waals surface area contributed by atoms with Crippen LogP contribution in [0.3, 0.4) is 0 Å². The summed E-state index contributed by atoms with van der Waals surface area (Å²) in [5, 5.41) is 0. The number of likely N-dealkylation sites (tertiary alicyclic amines) is 1. The van der Waals surface area contributed by atoms with Gasteiger partial charge in [-0.25, -0.2) is 0 Å². The quantitative estimate of drug-likeness (QED) is 0.855. The van der Waals surface area contributed by atoms with Gasteiger partial charge in [0.25, 0.3) is 5.91 Å². The van der Waals surface area contributed by atoms with E-state index < -0.39 is 0 Å². The fourth-order valence-electron chi connectivity index (χ4n) is 3.75. The number of aromatic nitrogens is 1. The SMILES string of the molecule is O=C(c1ccco1)N1CC[C@H]2CN(Cc3cccnc3)CCO[C@H]2C1. The van der Waals surface area contributed by atoms with Crippen LogP contribution in [0, 0.1) is 5.92 Å². The number of furan rings is 1. The summed E-state index contributed by atoms with van der Waals surface area (Å²) in [7, 11) is 0. The summed E-state index contributed by atoms with van der Waals surface area (Å²) in [4.78, 5) is 21.0. The average Bonchev–Trinajstić information content (AvgIpc) is 3.10. The van der Waals surface area contributed by atoms with Gasteiger partial charge in [0.1, 0.15) is 0 Å².